The molecule has 104 valence electrons. The number of hydrogen-bond acceptors (Lipinski definition) is 7. The molecule has 2 rings (SSSR count). The van der Waals surface area contributed by atoms with Crippen molar-refractivity contribution in [1.82, 2.24) is 4.98 Å². The molecule has 1 aromatic rings. The van der Waals surface area contributed by atoms with Crippen molar-refractivity contribution in [3.05, 3.63) is 27.9 Å². The van der Waals surface area contributed by atoms with E-state index in [-0.39, 0.29) is 31.1 Å². The fraction of sp³-hybridized carbons (Fsp3) is 0.364. The first-order valence-electron chi connectivity index (χ1n) is 5.63. The zero-order chi connectivity index (χ0) is 14.8. The van der Waals surface area contributed by atoms with E-state index in [1.165, 1.54) is 6.07 Å². The van der Waals surface area contributed by atoms with E-state index in [1.807, 2.05) is 0 Å². The molecule has 1 unspecified atom stereocenters. The highest BCUT2D eigenvalue weighted by atomic mass is 16.6. The molecule has 9 heteroatoms. The Kier molecular flexibility index (Phi) is 3.49. The number of anilines is 1. The van der Waals surface area contributed by atoms with Crippen LogP contribution in [0.4, 0.5) is 11.5 Å². The van der Waals surface area contributed by atoms with Crippen LogP contribution in [-0.4, -0.2) is 39.7 Å². The second-order valence-corrected chi connectivity index (χ2v) is 4.25. The molecular formula is C11H10N4O5. The number of aliphatic carboxylic acids is 1. The van der Waals surface area contributed by atoms with Gasteiger partial charge in [0.15, 0.2) is 5.54 Å². The lowest BCUT2D eigenvalue weighted by molar-refractivity contribution is -0.385. The SMILES string of the molecule is N#Cc1nc(NC2(C(=O)O)CCOC2)ccc1[N+](=O)[O-]. The van der Waals surface area contributed by atoms with Crippen molar-refractivity contribution >= 4 is 17.5 Å². The molecule has 0 bridgehead atoms. The Morgan fingerprint density at radius 1 is 1.65 bits per heavy atom. The number of nitriles is 1. The summed E-state index contributed by atoms with van der Waals surface area (Å²) in [5.74, 6) is -1.02. The van der Waals surface area contributed by atoms with Crippen LogP contribution in [0.2, 0.25) is 0 Å². The highest BCUT2D eigenvalue weighted by molar-refractivity contribution is 5.83. The number of hydrogen-bond donors (Lipinski definition) is 2. The van der Waals surface area contributed by atoms with Crippen molar-refractivity contribution in [2.75, 3.05) is 18.5 Å². The number of carboxylic acid groups (broad SMARTS) is 1. The topological polar surface area (TPSA) is 138 Å². The van der Waals surface area contributed by atoms with Gasteiger partial charge in [0, 0.05) is 19.1 Å². The lowest BCUT2D eigenvalue weighted by Crippen LogP contribution is -2.47. The molecule has 0 amide bonds. The number of nitrogens with zero attached hydrogens (tertiary/aromatic N) is 3. The van der Waals surface area contributed by atoms with Gasteiger partial charge in [-0.1, -0.05) is 0 Å². The summed E-state index contributed by atoms with van der Waals surface area (Å²) in [6.07, 6.45) is 0.239. The molecular weight excluding hydrogens is 268 g/mol. The van der Waals surface area contributed by atoms with Crippen molar-refractivity contribution < 1.29 is 19.6 Å². The minimum absolute atomic E-state index is 0.0388. The van der Waals surface area contributed by atoms with Gasteiger partial charge >= 0.3 is 11.7 Å². The van der Waals surface area contributed by atoms with Crippen LogP contribution in [0.3, 0.4) is 0 Å². The van der Waals surface area contributed by atoms with Gasteiger partial charge in [0.1, 0.15) is 11.9 Å². The van der Waals surface area contributed by atoms with E-state index in [2.05, 4.69) is 10.3 Å². The van der Waals surface area contributed by atoms with Gasteiger partial charge in [-0.2, -0.15) is 5.26 Å². The molecule has 0 aromatic carbocycles. The van der Waals surface area contributed by atoms with E-state index in [9.17, 15) is 20.0 Å². The largest absolute Gasteiger partial charge is 0.479 e. The smallest absolute Gasteiger partial charge is 0.331 e. The molecule has 9 nitrogen and oxygen atoms in total. The predicted octanol–water partition coefficient (Wildman–Crippen LogP) is 0.517. The van der Waals surface area contributed by atoms with Crippen LogP contribution in [0.15, 0.2) is 12.1 Å². The van der Waals surface area contributed by atoms with Crippen LogP contribution < -0.4 is 5.32 Å². The summed E-state index contributed by atoms with van der Waals surface area (Å²) in [4.78, 5) is 25.1. The normalized spacial score (nSPS) is 21.1. The molecule has 0 aliphatic carbocycles. The fourth-order valence-electron chi connectivity index (χ4n) is 1.88. The minimum Gasteiger partial charge on any atom is -0.479 e. The van der Waals surface area contributed by atoms with E-state index < -0.39 is 22.1 Å². The maximum atomic E-state index is 11.3. The molecule has 1 saturated heterocycles. The molecule has 1 aliphatic heterocycles. The molecule has 1 aliphatic rings. The zero-order valence-electron chi connectivity index (χ0n) is 10.2. The molecule has 0 radical (unpaired) electrons. The predicted molar refractivity (Wildman–Crippen MR) is 65.0 cm³/mol. The number of pyridine rings is 1. The number of carboxylic acids is 1. The van der Waals surface area contributed by atoms with Gasteiger partial charge in [0.05, 0.1) is 11.5 Å². The van der Waals surface area contributed by atoms with Crippen molar-refractivity contribution in [1.29, 1.82) is 5.26 Å². The van der Waals surface area contributed by atoms with Crippen LogP contribution >= 0.6 is 0 Å². The van der Waals surface area contributed by atoms with E-state index in [0.29, 0.717) is 0 Å². The molecule has 1 atom stereocenters. The first-order chi connectivity index (χ1) is 9.48. The summed E-state index contributed by atoms with van der Waals surface area (Å²) >= 11 is 0. The van der Waals surface area contributed by atoms with E-state index in [0.717, 1.165) is 6.07 Å². The van der Waals surface area contributed by atoms with E-state index in [4.69, 9.17) is 10.00 Å². The summed E-state index contributed by atoms with van der Waals surface area (Å²) in [6, 6.07) is 3.99. The summed E-state index contributed by atoms with van der Waals surface area (Å²) in [7, 11) is 0. The number of aromatic nitrogens is 1. The van der Waals surface area contributed by atoms with Gasteiger partial charge in [-0.15, -0.1) is 0 Å². The summed E-state index contributed by atoms with van der Waals surface area (Å²) < 4.78 is 5.07. The molecule has 2 N–H and O–H groups in total. The molecule has 2 heterocycles. The lowest BCUT2D eigenvalue weighted by atomic mass is 9.99. The van der Waals surface area contributed by atoms with Gasteiger partial charge in [-0.05, 0) is 6.07 Å². The van der Waals surface area contributed by atoms with Crippen molar-refractivity contribution in [3.8, 4) is 6.07 Å². The van der Waals surface area contributed by atoms with Gasteiger partial charge < -0.3 is 15.2 Å². The molecule has 1 aromatic heterocycles. The summed E-state index contributed by atoms with van der Waals surface area (Å²) in [6.45, 7) is 0.250. The average Bonchev–Trinajstić information content (AvgIpc) is 2.88. The maximum absolute atomic E-state index is 11.3. The van der Waals surface area contributed by atoms with E-state index in [1.54, 1.807) is 6.07 Å². The summed E-state index contributed by atoms with van der Waals surface area (Å²) in [5.41, 5.74) is -2.12. The molecule has 0 saturated carbocycles. The molecule has 0 spiro atoms. The Bertz CT molecular complexity index is 603. The van der Waals surface area contributed by atoms with Gasteiger partial charge in [-0.25, -0.2) is 9.78 Å². The Hall–Kier alpha value is -2.73. The van der Waals surface area contributed by atoms with Crippen LogP contribution in [0.5, 0.6) is 0 Å². The van der Waals surface area contributed by atoms with Gasteiger partial charge in [0.25, 0.3) is 0 Å². The Morgan fingerprint density at radius 3 is 2.90 bits per heavy atom. The second kappa shape index (κ2) is 5.10. The van der Waals surface area contributed by atoms with Gasteiger partial charge in [-0.3, -0.25) is 10.1 Å². The monoisotopic (exact) mass is 278 g/mol. The maximum Gasteiger partial charge on any atom is 0.331 e. The second-order valence-electron chi connectivity index (χ2n) is 4.25. The third kappa shape index (κ3) is 2.36. The first kappa shape index (κ1) is 13.7. The molecule has 20 heavy (non-hydrogen) atoms. The van der Waals surface area contributed by atoms with Crippen LogP contribution in [0, 0.1) is 21.4 Å². The van der Waals surface area contributed by atoms with Crippen molar-refractivity contribution in [2.45, 2.75) is 12.0 Å². The van der Waals surface area contributed by atoms with Crippen LogP contribution in [-0.2, 0) is 9.53 Å². The number of ether oxygens (including phenoxy) is 1. The third-order valence-electron chi connectivity index (χ3n) is 2.97. The highest BCUT2D eigenvalue weighted by Crippen LogP contribution is 2.26. The minimum atomic E-state index is -1.32. The Labute approximate surface area is 112 Å². The number of rotatable bonds is 4. The van der Waals surface area contributed by atoms with Crippen LogP contribution in [0.25, 0.3) is 0 Å². The van der Waals surface area contributed by atoms with Crippen molar-refractivity contribution in [2.24, 2.45) is 0 Å². The summed E-state index contributed by atoms with van der Waals surface area (Å²) in [5, 5.41) is 31.5. The number of nitro groups is 1. The highest BCUT2D eigenvalue weighted by Gasteiger charge is 2.43. The third-order valence-corrected chi connectivity index (χ3v) is 2.97. The fourth-order valence-corrected chi connectivity index (χ4v) is 1.88. The Balaban J connectivity index is 2.33. The lowest BCUT2D eigenvalue weighted by Gasteiger charge is -2.24. The quantitative estimate of drug-likeness (QED) is 0.600. The van der Waals surface area contributed by atoms with Gasteiger partial charge in [0.2, 0.25) is 5.69 Å². The van der Waals surface area contributed by atoms with E-state index >= 15 is 0 Å². The van der Waals surface area contributed by atoms with Crippen molar-refractivity contribution in [3.63, 3.8) is 0 Å². The first-order valence-corrected chi connectivity index (χ1v) is 5.63. The zero-order valence-corrected chi connectivity index (χ0v) is 10.2. The standard InChI is InChI=1S/C11H10N4O5/c12-5-7-8(15(18)19)1-2-9(13-7)14-11(10(16)17)3-4-20-6-11/h1-2H,3-4,6H2,(H,13,14)(H,16,17). The molecule has 1 fully saturated rings. The number of carbonyl (C=O) groups is 1. The van der Waals surface area contributed by atoms with Crippen LogP contribution in [0.1, 0.15) is 12.1 Å². The Morgan fingerprint density at radius 2 is 2.40 bits per heavy atom. The average molecular weight is 278 g/mol. The number of nitrogens with one attached hydrogen (secondary N) is 1.